The molecule has 1 amide bonds. The number of pyridine rings is 1. The van der Waals surface area contributed by atoms with Gasteiger partial charge in [-0.25, -0.2) is 4.98 Å². The van der Waals surface area contributed by atoms with E-state index < -0.39 is 0 Å². The van der Waals surface area contributed by atoms with Gasteiger partial charge in [0.05, 0.1) is 6.20 Å². The number of rotatable bonds is 3. The predicted molar refractivity (Wildman–Crippen MR) is 70.0 cm³/mol. The standard InChI is InChI=1S/C14H12N2O2/c17-12-7-8-13(15-10-12)16-14(18)9-6-11-4-2-1-3-5-11/h1-10,17H,(H,15,16,18)/b9-6+. The Hall–Kier alpha value is -2.62. The highest BCUT2D eigenvalue weighted by atomic mass is 16.3. The number of amides is 1. The minimum Gasteiger partial charge on any atom is -0.506 e. The third-order valence-electron chi connectivity index (χ3n) is 2.23. The van der Waals surface area contributed by atoms with Crippen LogP contribution in [0.25, 0.3) is 6.08 Å². The van der Waals surface area contributed by atoms with Crippen LogP contribution in [0.5, 0.6) is 5.75 Å². The van der Waals surface area contributed by atoms with E-state index in [9.17, 15) is 4.79 Å². The van der Waals surface area contributed by atoms with Crippen molar-refractivity contribution in [2.24, 2.45) is 0 Å². The Balaban J connectivity index is 1.97. The topological polar surface area (TPSA) is 62.2 Å². The van der Waals surface area contributed by atoms with E-state index in [1.165, 1.54) is 24.4 Å². The van der Waals surface area contributed by atoms with Gasteiger partial charge in [-0.2, -0.15) is 0 Å². The number of aromatic nitrogens is 1. The molecule has 0 unspecified atom stereocenters. The van der Waals surface area contributed by atoms with E-state index in [4.69, 9.17) is 5.11 Å². The molecule has 18 heavy (non-hydrogen) atoms. The highest BCUT2D eigenvalue weighted by Crippen LogP contribution is 2.09. The highest BCUT2D eigenvalue weighted by molar-refractivity contribution is 6.01. The third kappa shape index (κ3) is 3.45. The van der Waals surface area contributed by atoms with Gasteiger partial charge in [0, 0.05) is 6.08 Å². The largest absolute Gasteiger partial charge is 0.506 e. The van der Waals surface area contributed by atoms with E-state index in [1.807, 2.05) is 30.3 Å². The number of aromatic hydroxyl groups is 1. The molecule has 0 fully saturated rings. The van der Waals surface area contributed by atoms with Crippen molar-refractivity contribution in [2.45, 2.75) is 0 Å². The van der Waals surface area contributed by atoms with E-state index in [1.54, 1.807) is 6.08 Å². The van der Waals surface area contributed by atoms with Crippen LogP contribution in [0.4, 0.5) is 5.82 Å². The van der Waals surface area contributed by atoms with Gasteiger partial charge in [-0.15, -0.1) is 0 Å². The molecule has 1 heterocycles. The Labute approximate surface area is 105 Å². The lowest BCUT2D eigenvalue weighted by molar-refractivity contribution is -0.111. The van der Waals surface area contributed by atoms with Crippen molar-refractivity contribution in [2.75, 3.05) is 5.32 Å². The molecule has 0 bridgehead atoms. The van der Waals surface area contributed by atoms with Gasteiger partial charge in [-0.1, -0.05) is 30.3 Å². The maximum Gasteiger partial charge on any atom is 0.249 e. The van der Waals surface area contributed by atoms with E-state index >= 15 is 0 Å². The van der Waals surface area contributed by atoms with Gasteiger partial charge in [0.1, 0.15) is 11.6 Å². The minimum atomic E-state index is -0.267. The molecule has 0 spiro atoms. The van der Waals surface area contributed by atoms with Crippen LogP contribution in [0.3, 0.4) is 0 Å². The van der Waals surface area contributed by atoms with E-state index in [-0.39, 0.29) is 11.7 Å². The molecule has 1 aromatic carbocycles. The van der Waals surface area contributed by atoms with Crippen LogP contribution in [0, 0.1) is 0 Å². The summed E-state index contributed by atoms with van der Waals surface area (Å²) in [6.07, 6.45) is 4.43. The fourth-order valence-electron chi connectivity index (χ4n) is 1.36. The van der Waals surface area contributed by atoms with Crippen molar-refractivity contribution in [3.8, 4) is 5.75 Å². The Morgan fingerprint density at radius 2 is 1.94 bits per heavy atom. The number of carbonyl (C=O) groups excluding carboxylic acids is 1. The fourth-order valence-corrected chi connectivity index (χ4v) is 1.36. The van der Waals surface area contributed by atoms with E-state index in [0.717, 1.165) is 5.56 Å². The number of anilines is 1. The first-order valence-electron chi connectivity index (χ1n) is 5.43. The summed E-state index contributed by atoms with van der Waals surface area (Å²) in [4.78, 5) is 15.4. The monoisotopic (exact) mass is 240 g/mol. The molecule has 0 aliphatic heterocycles. The molecule has 0 radical (unpaired) electrons. The summed E-state index contributed by atoms with van der Waals surface area (Å²) in [5, 5.41) is 11.6. The normalized spacial score (nSPS) is 10.4. The van der Waals surface area contributed by atoms with Gasteiger partial charge >= 0.3 is 0 Å². The van der Waals surface area contributed by atoms with Crippen molar-refractivity contribution in [1.29, 1.82) is 0 Å². The van der Waals surface area contributed by atoms with Crippen molar-refractivity contribution in [3.05, 3.63) is 60.3 Å². The molecule has 0 atom stereocenters. The molecular weight excluding hydrogens is 228 g/mol. The molecule has 2 N–H and O–H groups in total. The van der Waals surface area contributed by atoms with Gasteiger partial charge in [0.15, 0.2) is 0 Å². The summed E-state index contributed by atoms with van der Waals surface area (Å²) >= 11 is 0. The second-order valence-electron chi connectivity index (χ2n) is 3.63. The molecule has 2 rings (SSSR count). The minimum absolute atomic E-state index is 0.0628. The van der Waals surface area contributed by atoms with Gasteiger partial charge in [-0.05, 0) is 23.8 Å². The Morgan fingerprint density at radius 3 is 2.61 bits per heavy atom. The second-order valence-corrected chi connectivity index (χ2v) is 3.63. The van der Waals surface area contributed by atoms with Crippen LogP contribution in [-0.2, 0) is 4.79 Å². The summed E-state index contributed by atoms with van der Waals surface area (Å²) < 4.78 is 0. The number of benzene rings is 1. The summed E-state index contributed by atoms with van der Waals surface area (Å²) in [7, 11) is 0. The van der Waals surface area contributed by atoms with Crippen LogP contribution in [-0.4, -0.2) is 16.0 Å². The smallest absolute Gasteiger partial charge is 0.249 e. The van der Waals surface area contributed by atoms with Crippen LogP contribution in [0.15, 0.2) is 54.7 Å². The van der Waals surface area contributed by atoms with E-state index in [0.29, 0.717) is 5.82 Å². The number of carbonyl (C=O) groups is 1. The Morgan fingerprint density at radius 1 is 1.17 bits per heavy atom. The summed E-state index contributed by atoms with van der Waals surface area (Å²) in [5.41, 5.74) is 0.950. The van der Waals surface area contributed by atoms with Crippen molar-refractivity contribution in [1.82, 2.24) is 4.98 Å². The molecule has 0 saturated carbocycles. The highest BCUT2D eigenvalue weighted by Gasteiger charge is 1.98. The lowest BCUT2D eigenvalue weighted by Crippen LogP contribution is -2.08. The first kappa shape index (κ1) is 11.9. The van der Waals surface area contributed by atoms with Crippen molar-refractivity contribution < 1.29 is 9.90 Å². The zero-order valence-electron chi connectivity index (χ0n) is 9.58. The molecule has 1 aromatic heterocycles. The number of nitrogens with one attached hydrogen (secondary N) is 1. The summed E-state index contributed by atoms with van der Waals surface area (Å²) in [5.74, 6) is 0.195. The number of hydrogen-bond acceptors (Lipinski definition) is 3. The Kier molecular flexibility index (Phi) is 3.71. The molecule has 2 aromatic rings. The maximum absolute atomic E-state index is 11.6. The summed E-state index contributed by atoms with van der Waals surface area (Å²) in [6, 6.07) is 12.5. The molecule has 90 valence electrons. The van der Waals surface area contributed by atoms with Gasteiger partial charge < -0.3 is 10.4 Å². The lowest BCUT2D eigenvalue weighted by Gasteiger charge is -2.00. The zero-order chi connectivity index (χ0) is 12.8. The van der Waals surface area contributed by atoms with Crippen LogP contribution in [0.2, 0.25) is 0 Å². The second kappa shape index (κ2) is 5.63. The van der Waals surface area contributed by atoms with Crippen LogP contribution < -0.4 is 5.32 Å². The molecular formula is C14H12N2O2. The average molecular weight is 240 g/mol. The molecule has 4 heteroatoms. The summed E-state index contributed by atoms with van der Waals surface area (Å²) in [6.45, 7) is 0. The van der Waals surface area contributed by atoms with Gasteiger partial charge in [-0.3, -0.25) is 4.79 Å². The maximum atomic E-state index is 11.6. The molecule has 0 aliphatic carbocycles. The van der Waals surface area contributed by atoms with Gasteiger partial charge in [0.2, 0.25) is 5.91 Å². The fraction of sp³-hybridized carbons (Fsp3) is 0. The number of nitrogens with zero attached hydrogens (tertiary/aromatic N) is 1. The average Bonchev–Trinajstić information content (AvgIpc) is 2.40. The van der Waals surface area contributed by atoms with Gasteiger partial charge in [0.25, 0.3) is 0 Å². The lowest BCUT2D eigenvalue weighted by atomic mass is 10.2. The van der Waals surface area contributed by atoms with Crippen LogP contribution >= 0.6 is 0 Å². The zero-order valence-corrected chi connectivity index (χ0v) is 9.58. The van der Waals surface area contributed by atoms with E-state index in [2.05, 4.69) is 10.3 Å². The SMILES string of the molecule is O=C(/C=C/c1ccccc1)Nc1ccc(O)cn1. The quantitative estimate of drug-likeness (QED) is 0.810. The third-order valence-corrected chi connectivity index (χ3v) is 2.23. The molecule has 0 saturated heterocycles. The predicted octanol–water partition coefficient (Wildman–Crippen LogP) is 2.44. The van der Waals surface area contributed by atoms with Crippen LogP contribution in [0.1, 0.15) is 5.56 Å². The Bertz CT molecular complexity index is 548. The van der Waals surface area contributed by atoms with Crippen molar-refractivity contribution in [3.63, 3.8) is 0 Å². The molecule has 4 nitrogen and oxygen atoms in total. The number of hydrogen-bond donors (Lipinski definition) is 2. The first-order valence-corrected chi connectivity index (χ1v) is 5.43. The first-order chi connectivity index (χ1) is 8.74. The van der Waals surface area contributed by atoms with Crippen molar-refractivity contribution >= 4 is 17.8 Å². The molecule has 0 aliphatic rings.